The lowest BCUT2D eigenvalue weighted by Gasteiger charge is -2.08. The highest BCUT2D eigenvalue weighted by atomic mass is 16.2. The van der Waals surface area contributed by atoms with E-state index in [-0.39, 0.29) is 11.8 Å². The molecule has 0 aliphatic rings. The third-order valence-corrected chi connectivity index (χ3v) is 2.86. The van der Waals surface area contributed by atoms with Crippen LogP contribution in [0, 0.1) is 5.92 Å². The standard InChI is InChI=1S/C16H24N2O2/c1-13(2)12-18-15(19)10-6-7-11-17-16(20)14-8-4-3-5-9-14/h3-5,8-9,13H,6-7,10-12H2,1-2H3,(H,17,20)(H,18,19). The molecule has 0 heterocycles. The van der Waals surface area contributed by atoms with E-state index in [4.69, 9.17) is 0 Å². The summed E-state index contributed by atoms with van der Waals surface area (Å²) in [6.07, 6.45) is 2.13. The van der Waals surface area contributed by atoms with E-state index in [1.54, 1.807) is 12.1 Å². The third kappa shape index (κ3) is 6.92. The Bertz CT molecular complexity index is 416. The van der Waals surface area contributed by atoms with Crippen molar-refractivity contribution in [1.82, 2.24) is 10.6 Å². The van der Waals surface area contributed by atoms with Gasteiger partial charge in [-0.2, -0.15) is 0 Å². The SMILES string of the molecule is CC(C)CNC(=O)CCCCNC(=O)c1ccccc1. The van der Waals surface area contributed by atoms with Crippen LogP contribution in [0.25, 0.3) is 0 Å². The van der Waals surface area contributed by atoms with Crippen molar-refractivity contribution in [1.29, 1.82) is 0 Å². The molecule has 0 spiro atoms. The van der Waals surface area contributed by atoms with Gasteiger partial charge in [0.25, 0.3) is 5.91 Å². The van der Waals surface area contributed by atoms with Gasteiger partial charge in [0.05, 0.1) is 0 Å². The van der Waals surface area contributed by atoms with Crippen LogP contribution in [0.2, 0.25) is 0 Å². The van der Waals surface area contributed by atoms with Crippen molar-refractivity contribution in [2.75, 3.05) is 13.1 Å². The molecular weight excluding hydrogens is 252 g/mol. The molecule has 0 bridgehead atoms. The molecule has 0 saturated heterocycles. The number of nitrogens with one attached hydrogen (secondary N) is 2. The Morgan fingerprint density at radius 2 is 1.75 bits per heavy atom. The van der Waals surface area contributed by atoms with Crippen LogP contribution in [-0.4, -0.2) is 24.9 Å². The highest BCUT2D eigenvalue weighted by molar-refractivity contribution is 5.94. The molecule has 4 heteroatoms. The smallest absolute Gasteiger partial charge is 0.251 e. The van der Waals surface area contributed by atoms with Gasteiger partial charge in [0, 0.05) is 25.1 Å². The summed E-state index contributed by atoms with van der Waals surface area (Å²) >= 11 is 0. The van der Waals surface area contributed by atoms with Crippen LogP contribution < -0.4 is 10.6 Å². The Balaban J connectivity index is 2.08. The molecule has 2 N–H and O–H groups in total. The second-order valence-electron chi connectivity index (χ2n) is 5.28. The zero-order valence-electron chi connectivity index (χ0n) is 12.3. The van der Waals surface area contributed by atoms with Crippen molar-refractivity contribution in [3.05, 3.63) is 35.9 Å². The highest BCUT2D eigenvalue weighted by Gasteiger charge is 2.04. The van der Waals surface area contributed by atoms with Gasteiger partial charge in [0.15, 0.2) is 0 Å². The van der Waals surface area contributed by atoms with Crippen molar-refractivity contribution in [3.8, 4) is 0 Å². The summed E-state index contributed by atoms with van der Waals surface area (Å²) in [5.74, 6) is 0.507. The minimum atomic E-state index is -0.0603. The molecule has 1 aromatic carbocycles. The van der Waals surface area contributed by atoms with Gasteiger partial charge < -0.3 is 10.6 Å². The molecule has 0 radical (unpaired) electrons. The van der Waals surface area contributed by atoms with Crippen LogP contribution in [0.3, 0.4) is 0 Å². The molecule has 0 saturated carbocycles. The fourth-order valence-corrected chi connectivity index (χ4v) is 1.71. The predicted octanol–water partition coefficient (Wildman–Crippen LogP) is 2.36. The van der Waals surface area contributed by atoms with Crippen molar-refractivity contribution in [2.45, 2.75) is 33.1 Å². The Labute approximate surface area is 121 Å². The molecule has 0 unspecified atom stereocenters. The summed E-state index contributed by atoms with van der Waals surface area (Å²) in [6.45, 7) is 5.47. The summed E-state index contributed by atoms with van der Waals surface area (Å²) in [5.41, 5.74) is 0.669. The minimum Gasteiger partial charge on any atom is -0.356 e. The number of benzene rings is 1. The molecular formula is C16H24N2O2. The van der Waals surface area contributed by atoms with Crippen LogP contribution in [0.4, 0.5) is 0 Å². The first kappa shape index (κ1) is 16.2. The lowest BCUT2D eigenvalue weighted by molar-refractivity contribution is -0.121. The average Bonchev–Trinajstić information content (AvgIpc) is 2.45. The fourth-order valence-electron chi connectivity index (χ4n) is 1.71. The topological polar surface area (TPSA) is 58.2 Å². The Morgan fingerprint density at radius 1 is 1.05 bits per heavy atom. The Kier molecular flexibility index (Phi) is 7.40. The molecule has 0 aliphatic carbocycles. The monoisotopic (exact) mass is 276 g/mol. The van der Waals surface area contributed by atoms with E-state index in [2.05, 4.69) is 24.5 Å². The van der Waals surface area contributed by atoms with Gasteiger partial charge in [-0.1, -0.05) is 32.0 Å². The molecule has 0 aromatic heterocycles. The maximum Gasteiger partial charge on any atom is 0.251 e. The third-order valence-electron chi connectivity index (χ3n) is 2.86. The van der Waals surface area contributed by atoms with Crippen LogP contribution in [0.15, 0.2) is 30.3 Å². The number of rotatable bonds is 8. The van der Waals surface area contributed by atoms with E-state index in [0.29, 0.717) is 24.4 Å². The highest BCUT2D eigenvalue weighted by Crippen LogP contribution is 1.99. The van der Waals surface area contributed by atoms with Gasteiger partial charge in [0.2, 0.25) is 5.91 Å². The minimum absolute atomic E-state index is 0.0603. The maximum absolute atomic E-state index is 11.7. The van der Waals surface area contributed by atoms with Crippen LogP contribution in [0.1, 0.15) is 43.5 Å². The lowest BCUT2D eigenvalue weighted by Crippen LogP contribution is -2.27. The van der Waals surface area contributed by atoms with E-state index < -0.39 is 0 Å². The summed E-state index contributed by atoms with van der Waals surface area (Å²) in [7, 11) is 0. The summed E-state index contributed by atoms with van der Waals surface area (Å²) in [6, 6.07) is 9.14. The van der Waals surface area contributed by atoms with Gasteiger partial charge in [-0.25, -0.2) is 0 Å². The fraction of sp³-hybridized carbons (Fsp3) is 0.500. The molecule has 2 amide bonds. The van der Waals surface area contributed by atoms with Crippen molar-refractivity contribution in [2.24, 2.45) is 5.92 Å². The molecule has 4 nitrogen and oxygen atoms in total. The molecule has 0 aliphatic heterocycles. The molecule has 110 valence electrons. The van der Waals surface area contributed by atoms with Crippen molar-refractivity contribution < 1.29 is 9.59 Å². The van der Waals surface area contributed by atoms with Gasteiger partial charge in [-0.15, -0.1) is 0 Å². The summed E-state index contributed by atoms with van der Waals surface area (Å²) in [5, 5.41) is 5.73. The van der Waals surface area contributed by atoms with E-state index >= 15 is 0 Å². The molecule has 0 fully saturated rings. The lowest BCUT2D eigenvalue weighted by atomic mass is 10.2. The molecule has 20 heavy (non-hydrogen) atoms. The van der Waals surface area contributed by atoms with Gasteiger partial charge in [-0.3, -0.25) is 9.59 Å². The summed E-state index contributed by atoms with van der Waals surface area (Å²) in [4.78, 5) is 23.2. The van der Waals surface area contributed by atoms with Crippen LogP contribution in [-0.2, 0) is 4.79 Å². The van der Waals surface area contributed by atoms with E-state index in [1.807, 2.05) is 18.2 Å². The Morgan fingerprint density at radius 3 is 2.40 bits per heavy atom. The first-order valence-corrected chi connectivity index (χ1v) is 7.19. The maximum atomic E-state index is 11.7. The zero-order valence-corrected chi connectivity index (χ0v) is 12.3. The van der Waals surface area contributed by atoms with E-state index in [1.165, 1.54) is 0 Å². The van der Waals surface area contributed by atoms with Crippen LogP contribution >= 0.6 is 0 Å². The Hall–Kier alpha value is -1.84. The summed E-state index contributed by atoms with van der Waals surface area (Å²) < 4.78 is 0. The number of hydrogen-bond acceptors (Lipinski definition) is 2. The van der Waals surface area contributed by atoms with Crippen molar-refractivity contribution >= 4 is 11.8 Å². The molecule has 1 aromatic rings. The van der Waals surface area contributed by atoms with Gasteiger partial charge >= 0.3 is 0 Å². The second-order valence-corrected chi connectivity index (χ2v) is 5.28. The largest absolute Gasteiger partial charge is 0.356 e. The first-order valence-electron chi connectivity index (χ1n) is 7.19. The first-order chi connectivity index (χ1) is 9.59. The zero-order chi connectivity index (χ0) is 14.8. The predicted molar refractivity (Wildman–Crippen MR) is 80.5 cm³/mol. The van der Waals surface area contributed by atoms with Crippen LogP contribution in [0.5, 0.6) is 0 Å². The quantitative estimate of drug-likeness (QED) is 0.716. The second kappa shape index (κ2) is 9.13. The average molecular weight is 276 g/mol. The van der Waals surface area contributed by atoms with E-state index in [0.717, 1.165) is 19.4 Å². The molecule has 0 atom stereocenters. The normalized spacial score (nSPS) is 10.3. The van der Waals surface area contributed by atoms with Gasteiger partial charge in [-0.05, 0) is 30.9 Å². The molecule has 1 rings (SSSR count). The number of hydrogen-bond donors (Lipinski definition) is 2. The number of unbranched alkanes of at least 4 members (excludes halogenated alkanes) is 1. The number of amides is 2. The van der Waals surface area contributed by atoms with Crippen molar-refractivity contribution in [3.63, 3.8) is 0 Å². The van der Waals surface area contributed by atoms with E-state index in [9.17, 15) is 9.59 Å². The van der Waals surface area contributed by atoms with Gasteiger partial charge in [0.1, 0.15) is 0 Å². The number of carbonyl (C=O) groups excluding carboxylic acids is 2. The number of carbonyl (C=O) groups is 2.